The minimum Gasteiger partial charge on any atom is -0.478 e. The Hall–Kier alpha value is -1.91. The molecule has 0 bridgehead atoms. The molecule has 98 valence electrons. The molecule has 0 fully saturated rings. The molecular formula is C13H18N2O3. The largest absolute Gasteiger partial charge is 0.478 e. The summed E-state index contributed by atoms with van der Waals surface area (Å²) in [6, 6.07) is 2.92. The molecule has 0 aromatic carbocycles. The fraction of sp³-hybridized carbons (Fsp3) is 0.462. The number of amides is 1. The molecular weight excluding hydrogens is 232 g/mol. The number of hydrogen-bond acceptors (Lipinski definition) is 3. The van der Waals surface area contributed by atoms with E-state index in [1.165, 1.54) is 18.3 Å². The lowest BCUT2D eigenvalue weighted by Gasteiger charge is -2.21. The summed E-state index contributed by atoms with van der Waals surface area (Å²) in [7, 11) is 0. The maximum absolute atomic E-state index is 12.3. The van der Waals surface area contributed by atoms with Crippen LogP contribution in [0.15, 0.2) is 18.3 Å². The van der Waals surface area contributed by atoms with E-state index in [1.54, 1.807) is 4.90 Å². The van der Waals surface area contributed by atoms with Crippen molar-refractivity contribution in [3.63, 3.8) is 0 Å². The van der Waals surface area contributed by atoms with E-state index in [-0.39, 0.29) is 17.2 Å². The average Bonchev–Trinajstić information content (AvgIpc) is 2.37. The van der Waals surface area contributed by atoms with Crippen LogP contribution in [0.3, 0.4) is 0 Å². The van der Waals surface area contributed by atoms with Crippen LogP contribution < -0.4 is 0 Å². The average molecular weight is 250 g/mol. The first kappa shape index (κ1) is 14.2. The molecule has 1 amide bonds. The third kappa shape index (κ3) is 3.29. The van der Waals surface area contributed by atoms with Crippen LogP contribution in [0.2, 0.25) is 0 Å². The molecule has 1 aromatic heterocycles. The molecule has 0 aliphatic rings. The second kappa shape index (κ2) is 6.74. The molecule has 1 heterocycles. The summed E-state index contributed by atoms with van der Waals surface area (Å²) >= 11 is 0. The zero-order valence-electron chi connectivity index (χ0n) is 10.7. The summed E-state index contributed by atoms with van der Waals surface area (Å²) in [5, 5.41) is 9.05. The minimum absolute atomic E-state index is 0.0203. The van der Waals surface area contributed by atoms with Crippen molar-refractivity contribution in [2.75, 3.05) is 13.1 Å². The van der Waals surface area contributed by atoms with Crippen LogP contribution in [0, 0.1) is 0 Å². The van der Waals surface area contributed by atoms with Crippen LogP contribution in [-0.4, -0.2) is 40.0 Å². The van der Waals surface area contributed by atoms with Crippen molar-refractivity contribution in [3.8, 4) is 0 Å². The van der Waals surface area contributed by atoms with Crippen LogP contribution in [-0.2, 0) is 0 Å². The van der Waals surface area contributed by atoms with Crippen molar-refractivity contribution in [3.05, 3.63) is 29.6 Å². The number of rotatable bonds is 6. The van der Waals surface area contributed by atoms with Gasteiger partial charge >= 0.3 is 5.97 Å². The number of nitrogens with zero attached hydrogens (tertiary/aromatic N) is 2. The standard InChI is InChI=1S/C13H18N2O3/c1-3-8-15(9-4-2)12(16)11-10(13(17)18)6-5-7-14-11/h5-7H,3-4,8-9H2,1-2H3,(H,17,18). The molecule has 0 unspecified atom stereocenters. The lowest BCUT2D eigenvalue weighted by molar-refractivity contribution is 0.0672. The first-order valence-electron chi connectivity index (χ1n) is 6.09. The summed E-state index contributed by atoms with van der Waals surface area (Å²) in [5.74, 6) is -1.43. The number of carboxylic acid groups (broad SMARTS) is 1. The Bertz CT molecular complexity index is 426. The second-order valence-electron chi connectivity index (χ2n) is 4.00. The minimum atomic E-state index is -1.13. The number of aromatic carboxylic acids is 1. The lowest BCUT2D eigenvalue weighted by atomic mass is 10.1. The summed E-state index contributed by atoms with van der Waals surface area (Å²) < 4.78 is 0. The number of pyridine rings is 1. The van der Waals surface area contributed by atoms with Crippen molar-refractivity contribution in [1.29, 1.82) is 0 Å². The van der Waals surface area contributed by atoms with Gasteiger partial charge in [-0.2, -0.15) is 0 Å². The van der Waals surface area contributed by atoms with Gasteiger partial charge in [-0.25, -0.2) is 4.79 Å². The van der Waals surface area contributed by atoms with Crippen molar-refractivity contribution >= 4 is 11.9 Å². The molecule has 5 heteroatoms. The van der Waals surface area contributed by atoms with Gasteiger partial charge in [-0.05, 0) is 25.0 Å². The third-order valence-electron chi connectivity index (χ3n) is 2.51. The molecule has 0 saturated carbocycles. The number of hydrogen-bond donors (Lipinski definition) is 1. The van der Waals surface area contributed by atoms with Gasteiger partial charge in [0.1, 0.15) is 5.69 Å². The van der Waals surface area contributed by atoms with Crippen molar-refractivity contribution in [1.82, 2.24) is 9.88 Å². The van der Waals surface area contributed by atoms with Crippen molar-refractivity contribution < 1.29 is 14.7 Å². The maximum atomic E-state index is 12.3. The van der Waals surface area contributed by atoms with Gasteiger partial charge in [0.15, 0.2) is 0 Å². The van der Waals surface area contributed by atoms with Crippen LogP contribution in [0.1, 0.15) is 47.5 Å². The van der Waals surface area contributed by atoms with Gasteiger partial charge in [-0.1, -0.05) is 13.8 Å². The highest BCUT2D eigenvalue weighted by molar-refractivity contribution is 6.03. The van der Waals surface area contributed by atoms with Crippen LogP contribution in [0.5, 0.6) is 0 Å². The van der Waals surface area contributed by atoms with E-state index in [4.69, 9.17) is 5.11 Å². The predicted molar refractivity (Wildman–Crippen MR) is 67.7 cm³/mol. The van der Waals surface area contributed by atoms with Gasteiger partial charge < -0.3 is 10.0 Å². The van der Waals surface area contributed by atoms with Crippen molar-refractivity contribution in [2.24, 2.45) is 0 Å². The molecule has 0 saturated heterocycles. The second-order valence-corrected chi connectivity index (χ2v) is 4.00. The highest BCUT2D eigenvalue weighted by Crippen LogP contribution is 2.10. The number of carbonyl (C=O) groups excluding carboxylic acids is 1. The topological polar surface area (TPSA) is 70.5 Å². The van der Waals surface area contributed by atoms with Crippen molar-refractivity contribution in [2.45, 2.75) is 26.7 Å². The van der Waals surface area contributed by atoms with Gasteiger partial charge in [-0.15, -0.1) is 0 Å². The van der Waals surface area contributed by atoms with E-state index >= 15 is 0 Å². The summed E-state index contributed by atoms with van der Waals surface area (Å²) in [6.07, 6.45) is 3.11. The normalized spacial score (nSPS) is 10.1. The highest BCUT2D eigenvalue weighted by atomic mass is 16.4. The first-order valence-corrected chi connectivity index (χ1v) is 6.09. The highest BCUT2D eigenvalue weighted by Gasteiger charge is 2.21. The van der Waals surface area contributed by atoms with Gasteiger partial charge in [0.25, 0.3) is 5.91 Å². The number of carbonyl (C=O) groups is 2. The van der Waals surface area contributed by atoms with E-state index < -0.39 is 5.97 Å². The Balaban J connectivity index is 3.04. The fourth-order valence-electron chi connectivity index (χ4n) is 1.75. The molecule has 0 atom stereocenters. The van der Waals surface area contributed by atoms with Gasteiger partial charge in [0.05, 0.1) is 5.56 Å². The van der Waals surface area contributed by atoms with E-state index in [0.29, 0.717) is 13.1 Å². The van der Waals surface area contributed by atoms with Gasteiger partial charge in [-0.3, -0.25) is 9.78 Å². The Morgan fingerprint density at radius 1 is 1.28 bits per heavy atom. The van der Waals surface area contributed by atoms with Crippen LogP contribution >= 0.6 is 0 Å². The SMILES string of the molecule is CCCN(CCC)C(=O)c1ncccc1C(=O)O. The van der Waals surface area contributed by atoms with E-state index in [2.05, 4.69) is 4.98 Å². The first-order chi connectivity index (χ1) is 8.61. The smallest absolute Gasteiger partial charge is 0.338 e. The molecule has 1 N–H and O–H groups in total. The molecule has 1 aromatic rings. The Morgan fingerprint density at radius 2 is 1.89 bits per heavy atom. The zero-order valence-corrected chi connectivity index (χ0v) is 10.7. The lowest BCUT2D eigenvalue weighted by Crippen LogP contribution is -2.34. The van der Waals surface area contributed by atoms with E-state index in [1.807, 2.05) is 13.8 Å². The number of carboxylic acids is 1. The molecule has 0 spiro atoms. The van der Waals surface area contributed by atoms with E-state index in [0.717, 1.165) is 12.8 Å². The Kier molecular flexibility index (Phi) is 5.30. The molecule has 18 heavy (non-hydrogen) atoms. The molecule has 1 rings (SSSR count). The maximum Gasteiger partial charge on any atom is 0.338 e. The fourth-order valence-corrected chi connectivity index (χ4v) is 1.75. The summed E-state index contributed by atoms with van der Waals surface area (Å²) in [6.45, 7) is 5.18. The predicted octanol–water partition coefficient (Wildman–Crippen LogP) is 2.04. The van der Waals surface area contributed by atoms with E-state index in [9.17, 15) is 9.59 Å². The zero-order chi connectivity index (χ0) is 13.5. The summed E-state index contributed by atoms with van der Waals surface area (Å²) in [5.41, 5.74) is -0.0217. The quantitative estimate of drug-likeness (QED) is 0.838. The molecule has 5 nitrogen and oxygen atoms in total. The third-order valence-corrected chi connectivity index (χ3v) is 2.51. The molecule has 0 aliphatic carbocycles. The molecule has 0 radical (unpaired) electrons. The van der Waals surface area contributed by atoms with Crippen LogP contribution in [0.4, 0.5) is 0 Å². The monoisotopic (exact) mass is 250 g/mol. The number of aromatic nitrogens is 1. The van der Waals surface area contributed by atoms with Gasteiger partial charge in [0, 0.05) is 19.3 Å². The van der Waals surface area contributed by atoms with Crippen LogP contribution in [0.25, 0.3) is 0 Å². The Morgan fingerprint density at radius 3 is 2.39 bits per heavy atom. The molecule has 0 aliphatic heterocycles. The Labute approximate surface area is 106 Å². The summed E-state index contributed by atoms with van der Waals surface area (Å²) in [4.78, 5) is 28.9. The van der Waals surface area contributed by atoms with Gasteiger partial charge in [0.2, 0.25) is 0 Å².